The van der Waals surface area contributed by atoms with Gasteiger partial charge in [0, 0.05) is 37.2 Å². The number of hydrogen-bond acceptors (Lipinski definition) is 4. The van der Waals surface area contributed by atoms with Gasteiger partial charge in [0.1, 0.15) is 5.82 Å². The monoisotopic (exact) mass is 323 g/mol. The normalized spacial score (nSPS) is 15.2. The van der Waals surface area contributed by atoms with Crippen LogP contribution in [0.4, 0.5) is 11.5 Å². The molecule has 24 heavy (non-hydrogen) atoms. The molecule has 0 radical (unpaired) electrons. The van der Waals surface area contributed by atoms with E-state index in [1.165, 1.54) is 12.8 Å². The summed E-state index contributed by atoms with van der Waals surface area (Å²) in [5.41, 5.74) is 3.92. The standard InChI is InChI=1S/C18H21N5O/c1-12-10-19-8-7-14(12)21-17-9-15-16(11-20-17)22(2)18(24)23(15)13-5-3-4-6-13/h7-11,13H,3-6H2,1-2H3,(H,19,20,21). The van der Waals surface area contributed by atoms with Gasteiger partial charge in [0.2, 0.25) is 0 Å². The van der Waals surface area contributed by atoms with Crippen LogP contribution < -0.4 is 11.0 Å². The first kappa shape index (κ1) is 14.9. The Morgan fingerprint density at radius 2 is 2.00 bits per heavy atom. The third-order valence-corrected chi connectivity index (χ3v) is 4.95. The van der Waals surface area contributed by atoms with Crippen LogP contribution in [0.3, 0.4) is 0 Å². The van der Waals surface area contributed by atoms with Gasteiger partial charge in [-0.05, 0) is 31.4 Å². The van der Waals surface area contributed by atoms with Crippen LogP contribution >= 0.6 is 0 Å². The maximum Gasteiger partial charge on any atom is 0.329 e. The van der Waals surface area contributed by atoms with E-state index in [0.29, 0.717) is 6.04 Å². The van der Waals surface area contributed by atoms with Crippen molar-refractivity contribution in [2.75, 3.05) is 5.32 Å². The summed E-state index contributed by atoms with van der Waals surface area (Å²) in [6.07, 6.45) is 9.89. The van der Waals surface area contributed by atoms with Gasteiger partial charge < -0.3 is 5.32 Å². The zero-order valence-electron chi connectivity index (χ0n) is 14.0. The van der Waals surface area contributed by atoms with E-state index >= 15 is 0 Å². The van der Waals surface area contributed by atoms with E-state index in [1.807, 2.05) is 36.9 Å². The molecule has 4 rings (SSSR count). The minimum absolute atomic E-state index is 0.0518. The number of aryl methyl sites for hydroxylation is 2. The fourth-order valence-corrected chi connectivity index (χ4v) is 3.59. The smallest absolute Gasteiger partial charge is 0.329 e. The van der Waals surface area contributed by atoms with Crippen LogP contribution in [0.1, 0.15) is 37.3 Å². The first-order valence-corrected chi connectivity index (χ1v) is 8.40. The Morgan fingerprint density at radius 3 is 2.75 bits per heavy atom. The van der Waals surface area contributed by atoms with E-state index in [0.717, 1.165) is 40.9 Å². The second-order valence-electron chi connectivity index (χ2n) is 6.52. The Hall–Kier alpha value is -2.63. The fraction of sp³-hybridized carbons (Fsp3) is 0.389. The number of imidazole rings is 1. The molecule has 0 unspecified atom stereocenters. The molecule has 0 atom stereocenters. The van der Waals surface area contributed by atoms with E-state index in [2.05, 4.69) is 15.3 Å². The first-order valence-electron chi connectivity index (χ1n) is 8.40. The number of rotatable bonds is 3. The maximum atomic E-state index is 12.7. The van der Waals surface area contributed by atoms with Crippen LogP contribution in [0, 0.1) is 6.92 Å². The Morgan fingerprint density at radius 1 is 1.21 bits per heavy atom. The third kappa shape index (κ3) is 2.38. The predicted octanol–water partition coefficient (Wildman–Crippen LogP) is 3.30. The summed E-state index contributed by atoms with van der Waals surface area (Å²) < 4.78 is 3.65. The summed E-state index contributed by atoms with van der Waals surface area (Å²) in [4.78, 5) is 21.3. The molecule has 3 aromatic heterocycles. The highest BCUT2D eigenvalue weighted by Crippen LogP contribution is 2.31. The topological polar surface area (TPSA) is 64.7 Å². The van der Waals surface area contributed by atoms with Crippen LogP contribution in [0.2, 0.25) is 0 Å². The Labute approximate surface area is 140 Å². The third-order valence-electron chi connectivity index (χ3n) is 4.95. The summed E-state index contributed by atoms with van der Waals surface area (Å²) in [6, 6.07) is 4.21. The lowest BCUT2D eigenvalue weighted by atomic mass is 10.2. The molecule has 0 saturated heterocycles. The summed E-state index contributed by atoms with van der Waals surface area (Å²) in [5, 5.41) is 3.34. The molecule has 124 valence electrons. The molecule has 0 bridgehead atoms. The number of nitrogens with zero attached hydrogens (tertiary/aromatic N) is 4. The van der Waals surface area contributed by atoms with E-state index in [1.54, 1.807) is 17.0 Å². The van der Waals surface area contributed by atoms with Gasteiger partial charge in [-0.3, -0.25) is 14.1 Å². The number of anilines is 2. The van der Waals surface area contributed by atoms with E-state index < -0.39 is 0 Å². The predicted molar refractivity (Wildman–Crippen MR) is 94.7 cm³/mol. The molecule has 0 aliphatic heterocycles. The SMILES string of the molecule is Cc1cnccc1Nc1cc2c(cn1)n(C)c(=O)n2C1CCCC1. The molecule has 3 aromatic rings. The van der Waals surface area contributed by atoms with Gasteiger partial charge in [0.15, 0.2) is 0 Å². The van der Waals surface area contributed by atoms with Crippen molar-refractivity contribution in [3.05, 3.63) is 46.8 Å². The highest BCUT2D eigenvalue weighted by molar-refractivity contribution is 5.79. The van der Waals surface area contributed by atoms with Crippen LogP contribution in [0.15, 0.2) is 35.5 Å². The molecule has 1 N–H and O–H groups in total. The first-order chi connectivity index (χ1) is 11.6. The minimum Gasteiger partial charge on any atom is -0.340 e. The molecule has 0 amide bonds. The van der Waals surface area contributed by atoms with Gasteiger partial charge >= 0.3 is 5.69 Å². The fourth-order valence-electron chi connectivity index (χ4n) is 3.59. The van der Waals surface area contributed by atoms with Gasteiger partial charge in [-0.1, -0.05) is 12.8 Å². The number of hydrogen-bond donors (Lipinski definition) is 1. The van der Waals surface area contributed by atoms with Crippen molar-refractivity contribution >= 4 is 22.5 Å². The molecule has 1 aliphatic carbocycles. The van der Waals surface area contributed by atoms with Crippen LogP contribution in [-0.2, 0) is 7.05 Å². The van der Waals surface area contributed by atoms with E-state index in [4.69, 9.17) is 0 Å². The van der Waals surface area contributed by atoms with Gasteiger partial charge in [0.05, 0.1) is 17.2 Å². The second-order valence-corrected chi connectivity index (χ2v) is 6.52. The molecule has 3 heterocycles. The van der Waals surface area contributed by atoms with Crippen molar-refractivity contribution in [2.45, 2.75) is 38.6 Å². The molecule has 6 nitrogen and oxygen atoms in total. The average Bonchev–Trinajstić information content (AvgIpc) is 3.18. The Kier molecular flexibility index (Phi) is 3.59. The van der Waals surface area contributed by atoms with Crippen molar-refractivity contribution in [2.24, 2.45) is 7.05 Å². The second kappa shape index (κ2) is 5.78. The van der Waals surface area contributed by atoms with Crippen LogP contribution in [0.25, 0.3) is 11.0 Å². The summed E-state index contributed by atoms with van der Waals surface area (Å²) in [5.74, 6) is 0.745. The number of nitrogens with one attached hydrogen (secondary N) is 1. The molecule has 0 spiro atoms. The summed E-state index contributed by atoms with van der Waals surface area (Å²) >= 11 is 0. The van der Waals surface area contributed by atoms with Crippen LogP contribution in [-0.4, -0.2) is 19.1 Å². The van der Waals surface area contributed by atoms with Crippen LogP contribution in [0.5, 0.6) is 0 Å². The Bertz CT molecular complexity index is 950. The quantitative estimate of drug-likeness (QED) is 0.803. The zero-order valence-corrected chi connectivity index (χ0v) is 14.0. The molecular weight excluding hydrogens is 302 g/mol. The maximum absolute atomic E-state index is 12.7. The van der Waals surface area contributed by atoms with Crippen molar-refractivity contribution < 1.29 is 0 Å². The molecule has 0 aromatic carbocycles. The molecule has 6 heteroatoms. The van der Waals surface area contributed by atoms with Crippen molar-refractivity contribution in [3.63, 3.8) is 0 Å². The summed E-state index contributed by atoms with van der Waals surface area (Å²) in [6.45, 7) is 2.00. The van der Waals surface area contributed by atoms with Gasteiger partial charge in [-0.2, -0.15) is 0 Å². The van der Waals surface area contributed by atoms with Crippen molar-refractivity contribution in [1.82, 2.24) is 19.1 Å². The lowest BCUT2D eigenvalue weighted by Crippen LogP contribution is -2.24. The molecule has 1 fully saturated rings. The lowest BCUT2D eigenvalue weighted by Gasteiger charge is -2.12. The minimum atomic E-state index is 0.0518. The Balaban J connectivity index is 1.81. The largest absolute Gasteiger partial charge is 0.340 e. The lowest BCUT2D eigenvalue weighted by molar-refractivity contribution is 0.509. The van der Waals surface area contributed by atoms with Gasteiger partial charge in [-0.25, -0.2) is 9.78 Å². The molecule has 1 saturated carbocycles. The number of pyridine rings is 2. The average molecular weight is 323 g/mol. The molecule has 1 aliphatic rings. The van der Waals surface area contributed by atoms with Crippen molar-refractivity contribution in [3.8, 4) is 0 Å². The van der Waals surface area contributed by atoms with E-state index in [-0.39, 0.29) is 5.69 Å². The zero-order chi connectivity index (χ0) is 16.7. The van der Waals surface area contributed by atoms with E-state index in [9.17, 15) is 4.79 Å². The van der Waals surface area contributed by atoms with Gasteiger partial charge in [-0.15, -0.1) is 0 Å². The number of aromatic nitrogens is 4. The summed E-state index contributed by atoms with van der Waals surface area (Å²) in [7, 11) is 1.82. The number of fused-ring (bicyclic) bond motifs is 1. The highest BCUT2D eigenvalue weighted by Gasteiger charge is 2.23. The molecular formula is C18H21N5O. The van der Waals surface area contributed by atoms with Gasteiger partial charge in [0.25, 0.3) is 0 Å². The van der Waals surface area contributed by atoms with Crippen molar-refractivity contribution in [1.29, 1.82) is 0 Å². The highest BCUT2D eigenvalue weighted by atomic mass is 16.1.